The molecule has 0 aliphatic carbocycles. The summed E-state index contributed by atoms with van der Waals surface area (Å²) in [6, 6.07) is 0. The van der Waals surface area contributed by atoms with Crippen molar-refractivity contribution < 1.29 is 19.4 Å². The number of carbonyl (C=O) groups excluding carboxylic acids is 1. The van der Waals surface area contributed by atoms with Gasteiger partial charge in [-0.25, -0.2) is 0 Å². The third-order valence-electron chi connectivity index (χ3n) is 11.7. The molecule has 0 spiro atoms. The highest BCUT2D eigenvalue weighted by Gasteiger charge is 2.35. The van der Waals surface area contributed by atoms with Crippen molar-refractivity contribution in [1.29, 1.82) is 0 Å². The first-order chi connectivity index (χ1) is 25.4. The van der Waals surface area contributed by atoms with Gasteiger partial charge in [0.2, 0.25) is 0 Å². The number of rotatable bonds is 40. The molecule has 0 aromatic rings. The van der Waals surface area contributed by atoms with Crippen LogP contribution in [0.5, 0.6) is 0 Å². The van der Waals surface area contributed by atoms with Crippen molar-refractivity contribution in [2.75, 3.05) is 6.61 Å². The van der Waals surface area contributed by atoms with Crippen molar-refractivity contribution in [2.24, 2.45) is 11.3 Å². The van der Waals surface area contributed by atoms with Gasteiger partial charge in [-0.1, -0.05) is 241 Å². The van der Waals surface area contributed by atoms with Gasteiger partial charge in [0.05, 0.1) is 12.0 Å². The fourth-order valence-corrected chi connectivity index (χ4v) is 7.51. The molecular formula is C48H96O4. The molecule has 1 N–H and O–H groups in total. The molecule has 0 saturated carbocycles. The minimum atomic E-state index is -0.556. The molecular weight excluding hydrogens is 641 g/mol. The molecule has 0 rings (SSSR count). The van der Waals surface area contributed by atoms with Crippen molar-refractivity contribution >= 4 is 11.9 Å². The third kappa shape index (κ3) is 35.9. The molecule has 0 saturated heterocycles. The van der Waals surface area contributed by atoms with Crippen LogP contribution in [0.15, 0.2) is 0 Å². The number of carbonyl (C=O) groups is 2. The maximum atomic E-state index is 11.8. The van der Waals surface area contributed by atoms with Crippen molar-refractivity contribution in [3.63, 3.8) is 0 Å². The first-order valence-electron chi connectivity index (χ1n) is 23.8. The van der Waals surface area contributed by atoms with Gasteiger partial charge in [0.1, 0.15) is 0 Å². The van der Waals surface area contributed by atoms with E-state index < -0.39 is 11.4 Å². The Bertz CT molecular complexity index is 721. The fourth-order valence-electron chi connectivity index (χ4n) is 7.51. The number of carboxylic acid groups (broad SMARTS) is 1. The number of esters is 1. The van der Waals surface area contributed by atoms with Crippen LogP contribution in [-0.4, -0.2) is 23.7 Å². The molecule has 0 amide bonds. The Morgan fingerprint density at radius 1 is 0.462 bits per heavy atom. The first-order valence-corrected chi connectivity index (χ1v) is 23.8. The van der Waals surface area contributed by atoms with Crippen LogP contribution in [-0.2, 0) is 14.3 Å². The Morgan fingerprint density at radius 2 is 0.788 bits per heavy atom. The summed E-state index contributed by atoms with van der Waals surface area (Å²) in [5, 5.41) is 9.76. The molecule has 52 heavy (non-hydrogen) atoms. The lowest BCUT2D eigenvalue weighted by Gasteiger charge is -2.28. The predicted molar refractivity (Wildman–Crippen MR) is 229 cm³/mol. The van der Waals surface area contributed by atoms with Crippen molar-refractivity contribution in [2.45, 2.75) is 279 Å². The second-order valence-corrected chi connectivity index (χ2v) is 16.5. The third-order valence-corrected chi connectivity index (χ3v) is 11.7. The van der Waals surface area contributed by atoms with E-state index in [0.717, 1.165) is 44.9 Å². The van der Waals surface area contributed by atoms with E-state index in [2.05, 4.69) is 41.5 Å². The zero-order chi connectivity index (χ0) is 38.8. The predicted octanol–water partition coefficient (Wildman–Crippen LogP) is 16.8. The molecule has 2 unspecified atom stereocenters. The monoisotopic (exact) mass is 737 g/mol. The fraction of sp³-hybridized carbons (Fsp3) is 0.958. The second kappa shape index (κ2) is 42.7. The molecule has 4 nitrogen and oxygen atoms in total. The Morgan fingerprint density at radius 3 is 1.12 bits per heavy atom. The molecule has 0 aromatic carbocycles. The molecule has 0 aliphatic heterocycles. The van der Waals surface area contributed by atoms with Crippen LogP contribution < -0.4 is 0 Å². The van der Waals surface area contributed by atoms with Gasteiger partial charge in [0, 0.05) is 6.42 Å². The summed E-state index contributed by atoms with van der Waals surface area (Å²) in [5.74, 6) is 0.0214. The second-order valence-electron chi connectivity index (χ2n) is 16.5. The Kier molecular flexibility index (Phi) is 43.5. The standard InChI is InChI=1S/2C24H48O2/c1-4-7-9-10-11-12-13-14-15-16-17-18-19-21-24(25)26-22-23(6-3)20-8-5-2;1-4-7-9-11-12-13-14-15-16-17-18-20-22-24(6-3,23(25)26)21-19-10-8-5-2/h23H,4-22H2,1-3H3;4-22H2,1-3H3,(H,25,26). The molecule has 2 atom stereocenters. The van der Waals surface area contributed by atoms with Crippen LogP contribution in [0.3, 0.4) is 0 Å². The summed E-state index contributed by atoms with van der Waals surface area (Å²) < 4.78 is 5.46. The van der Waals surface area contributed by atoms with Crippen LogP contribution >= 0.6 is 0 Å². The highest BCUT2D eigenvalue weighted by atomic mass is 16.5. The van der Waals surface area contributed by atoms with E-state index in [1.165, 1.54) is 186 Å². The summed E-state index contributed by atoms with van der Waals surface area (Å²) in [5.41, 5.74) is -0.452. The number of hydrogen-bond donors (Lipinski definition) is 1. The van der Waals surface area contributed by atoms with Gasteiger partial charge >= 0.3 is 11.9 Å². The first kappa shape index (κ1) is 53.0. The van der Waals surface area contributed by atoms with Crippen molar-refractivity contribution in [3.8, 4) is 0 Å². The zero-order valence-electron chi connectivity index (χ0n) is 36.6. The van der Waals surface area contributed by atoms with E-state index >= 15 is 0 Å². The maximum absolute atomic E-state index is 11.8. The van der Waals surface area contributed by atoms with E-state index in [9.17, 15) is 14.7 Å². The minimum absolute atomic E-state index is 0.0167. The average Bonchev–Trinajstić information content (AvgIpc) is 3.15. The quantitative estimate of drug-likeness (QED) is 0.0502. The van der Waals surface area contributed by atoms with Crippen LogP contribution in [0, 0.1) is 11.3 Å². The van der Waals surface area contributed by atoms with Crippen LogP contribution in [0.4, 0.5) is 0 Å². The van der Waals surface area contributed by atoms with Crippen LogP contribution in [0.25, 0.3) is 0 Å². The average molecular weight is 737 g/mol. The molecule has 0 aliphatic rings. The van der Waals surface area contributed by atoms with E-state index in [0.29, 0.717) is 18.9 Å². The van der Waals surface area contributed by atoms with Crippen molar-refractivity contribution in [3.05, 3.63) is 0 Å². The van der Waals surface area contributed by atoms with Crippen LogP contribution in [0.1, 0.15) is 279 Å². The number of carboxylic acids is 1. The number of ether oxygens (including phenoxy) is 1. The van der Waals surface area contributed by atoms with Gasteiger partial charge in [-0.05, 0) is 38.0 Å². The molecule has 4 heteroatoms. The highest BCUT2D eigenvalue weighted by Crippen LogP contribution is 2.35. The summed E-state index contributed by atoms with van der Waals surface area (Å²) in [4.78, 5) is 23.7. The lowest BCUT2D eigenvalue weighted by Crippen LogP contribution is -2.30. The highest BCUT2D eigenvalue weighted by molar-refractivity contribution is 5.74. The van der Waals surface area contributed by atoms with Gasteiger partial charge in [0.25, 0.3) is 0 Å². The molecule has 0 fully saturated rings. The van der Waals surface area contributed by atoms with Gasteiger partial charge < -0.3 is 9.84 Å². The van der Waals surface area contributed by atoms with E-state index in [1.54, 1.807) is 0 Å². The van der Waals surface area contributed by atoms with E-state index in [-0.39, 0.29) is 5.97 Å². The number of hydrogen-bond acceptors (Lipinski definition) is 3. The molecule has 312 valence electrons. The number of aliphatic carboxylic acids is 1. The van der Waals surface area contributed by atoms with Gasteiger partial charge in [0.15, 0.2) is 0 Å². The lowest BCUT2D eigenvalue weighted by atomic mass is 9.76. The van der Waals surface area contributed by atoms with Gasteiger partial charge in [-0.15, -0.1) is 0 Å². The molecule has 0 heterocycles. The Balaban J connectivity index is 0. The van der Waals surface area contributed by atoms with Crippen molar-refractivity contribution in [1.82, 2.24) is 0 Å². The summed E-state index contributed by atoms with van der Waals surface area (Å²) in [7, 11) is 0. The molecule has 0 radical (unpaired) electrons. The smallest absolute Gasteiger partial charge is 0.309 e. The van der Waals surface area contributed by atoms with Gasteiger partial charge in [-0.3, -0.25) is 9.59 Å². The SMILES string of the molecule is CCCCCCCCCCCCCCC(CC)(CCCCCC)C(=O)O.CCCCCCCCCCCCCCCC(=O)OCC(CC)CCCC. The molecule has 0 bridgehead atoms. The van der Waals surface area contributed by atoms with Gasteiger partial charge in [-0.2, -0.15) is 0 Å². The number of unbranched alkanes of at least 4 members (excludes halogenated alkanes) is 27. The van der Waals surface area contributed by atoms with Crippen LogP contribution in [0.2, 0.25) is 0 Å². The minimum Gasteiger partial charge on any atom is -0.481 e. The van der Waals surface area contributed by atoms with E-state index in [4.69, 9.17) is 4.74 Å². The normalized spacial score (nSPS) is 13.0. The summed E-state index contributed by atoms with van der Waals surface area (Å²) >= 11 is 0. The Labute approximate surface area is 327 Å². The summed E-state index contributed by atoms with van der Waals surface area (Å²) in [6.07, 6.45) is 46.1. The lowest BCUT2D eigenvalue weighted by molar-refractivity contribution is -0.150. The topological polar surface area (TPSA) is 63.6 Å². The Hall–Kier alpha value is -1.06. The summed E-state index contributed by atoms with van der Waals surface area (Å²) in [6.45, 7) is 13.9. The zero-order valence-corrected chi connectivity index (χ0v) is 36.6. The largest absolute Gasteiger partial charge is 0.481 e. The maximum Gasteiger partial charge on any atom is 0.309 e. The van der Waals surface area contributed by atoms with E-state index in [1.807, 2.05) is 0 Å². The molecule has 0 aromatic heterocycles.